The number of fused-ring (bicyclic) bond motifs is 2. The Morgan fingerprint density at radius 2 is 1.37 bits per heavy atom. The van der Waals surface area contributed by atoms with Crippen molar-refractivity contribution in [2.75, 3.05) is 7.11 Å². The number of hydrogen-bond acceptors (Lipinski definition) is 9. The van der Waals surface area contributed by atoms with Crippen molar-refractivity contribution in [3.05, 3.63) is 88.5 Å². The van der Waals surface area contributed by atoms with E-state index in [-0.39, 0.29) is 30.8 Å². The zero-order chi connectivity index (χ0) is 33.0. The third-order valence-electron chi connectivity index (χ3n) is 7.98. The summed E-state index contributed by atoms with van der Waals surface area (Å²) in [7, 11) is -0.824. The van der Waals surface area contributed by atoms with Crippen LogP contribution in [-0.2, 0) is 38.5 Å². The molecular weight excluding hydrogens is 596 g/mol. The molecule has 0 saturated carbocycles. The third-order valence-corrected chi connectivity index (χ3v) is 7.98. The zero-order valence-corrected chi connectivity index (χ0v) is 25.2. The number of aliphatic carboxylic acids is 1. The van der Waals surface area contributed by atoms with Gasteiger partial charge >= 0.3 is 20.2 Å². The number of rotatable bonds is 12. The Hall–Kier alpha value is -4.69. The summed E-state index contributed by atoms with van der Waals surface area (Å²) in [5, 5.41) is 37.9. The molecule has 0 radical (unpaired) electrons. The average Bonchev–Trinajstić information content (AvgIpc) is 3.60. The lowest BCUT2D eigenvalue weighted by molar-refractivity contribution is -0.137. The van der Waals surface area contributed by atoms with Crippen LogP contribution < -0.4 is 31.6 Å². The van der Waals surface area contributed by atoms with Gasteiger partial charge in [0.25, 0.3) is 11.8 Å². The fourth-order valence-electron chi connectivity index (χ4n) is 5.45. The Morgan fingerprint density at radius 1 is 0.826 bits per heavy atom. The van der Waals surface area contributed by atoms with E-state index < -0.39 is 62.5 Å². The van der Waals surface area contributed by atoms with Crippen LogP contribution in [0, 0.1) is 0 Å². The Kier molecular flexibility index (Phi) is 10.1. The summed E-state index contributed by atoms with van der Waals surface area (Å²) < 4.78 is 15.6. The molecule has 0 unspecified atom stereocenters. The maximum absolute atomic E-state index is 13.8. The zero-order valence-electron chi connectivity index (χ0n) is 25.2. The van der Waals surface area contributed by atoms with Crippen LogP contribution in [0.25, 0.3) is 0 Å². The van der Waals surface area contributed by atoms with Crippen molar-refractivity contribution in [2.45, 2.75) is 51.1 Å². The minimum Gasteiger partial charge on any atom is -0.497 e. The van der Waals surface area contributed by atoms with E-state index >= 15 is 0 Å². The van der Waals surface area contributed by atoms with Crippen LogP contribution in [0.1, 0.15) is 50.8 Å². The topological polar surface area (TPSA) is 193 Å². The summed E-state index contributed by atoms with van der Waals surface area (Å²) in [5.41, 5.74) is 3.45. The fourth-order valence-corrected chi connectivity index (χ4v) is 5.45. The van der Waals surface area contributed by atoms with Gasteiger partial charge in [-0.1, -0.05) is 24.3 Å². The third kappa shape index (κ3) is 7.57. The molecule has 5 rings (SSSR count). The molecule has 0 aromatic heterocycles. The molecule has 15 heteroatoms. The number of ether oxygens (including phenoxy) is 1. The lowest BCUT2D eigenvalue weighted by Crippen LogP contribution is -2.59. The first-order chi connectivity index (χ1) is 22.0. The van der Waals surface area contributed by atoms with E-state index in [0.717, 1.165) is 16.7 Å². The van der Waals surface area contributed by atoms with Crippen molar-refractivity contribution in [1.29, 1.82) is 0 Å². The highest BCUT2D eigenvalue weighted by Crippen LogP contribution is 2.16. The van der Waals surface area contributed by atoms with E-state index in [9.17, 15) is 34.3 Å². The van der Waals surface area contributed by atoms with Gasteiger partial charge in [-0.2, -0.15) is 0 Å². The van der Waals surface area contributed by atoms with Crippen LogP contribution in [0.4, 0.5) is 0 Å². The van der Waals surface area contributed by atoms with Crippen molar-refractivity contribution >= 4 is 48.9 Å². The average molecular weight is 629 g/mol. The maximum atomic E-state index is 13.8. The largest absolute Gasteiger partial charge is 0.497 e. The fraction of sp³-hybridized carbons (Fsp3) is 0.290. The molecule has 0 fully saturated rings. The molecule has 0 spiro atoms. The quantitative estimate of drug-likeness (QED) is 0.139. The first-order valence-corrected chi connectivity index (χ1v) is 14.6. The summed E-state index contributed by atoms with van der Waals surface area (Å²) in [4.78, 5) is 52.2. The number of carbonyl (C=O) groups is 4. The maximum Gasteiger partial charge on any atom is 0.491 e. The molecule has 238 valence electrons. The van der Waals surface area contributed by atoms with Crippen LogP contribution in [0.2, 0.25) is 0 Å². The first kappa shape index (κ1) is 32.7. The molecule has 0 saturated heterocycles. The van der Waals surface area contributed by atoms with E-state index in [0.29, 0.717) is 16.7 Å². The summed E-state index contributed by atoms with van der Waals surface area (Å²) in [6.07, 6.45) is -0.229. The van der Waals surface area contributed by atoms with Gasteiger partial charge in [-0.25, -0.2) is 0 Å². The van der Waals surface area contributed by atoms with Gasteiger partial charge in [-0.3, -0.25) is 19.2 Å². The highest BCUT2D eigenvalue weighted by atomic mass is 16.5. The number of carboxylic acid groups (broad SMARTS) is 1. The van der Waals surface area contributed by atoms with E-state index in [1.165, 1.54) is 32.2 Å². The van der Waals surface area contributed by atoms with Gasteiger partial charge in [-0.05, 0) is 77.4 Å². The molecular formula is C31H33B2N3O10. The first-order valence-electron chi connectivity index (χ1n) is 14.6. The van der Waals surface area contributed by atoms with Crippen LogP contribution in [0.15, 0.2) is 60.7 Å². The van der Waals surface area contributed by atoms with Crippen LogP contribution in [0.3, 0.4) is 0 Å². The standard InChI is InChI=1S/C31H33B2N3O10/c1-17(34-29(39)19-5-7-21-15-45-32(42)25(21)12-19)28(36-30(40)20-6-8-22-16-46-33(43)26(22)13-20)31(41)35-23(14-27(37)38)11-18-3-9-24(44-2)10-4-18/h3-10,12-13,17,23,28,42-43H,11,14-16H2,1-2H3,(H,34,39)(H,35,41)(H,36,40)(H,37,38)/t17-,23-,28-/m0/s1. The predicted octanol–water partition coefficient (Wildman–Crippen LogP) is -0.750. The van der Waals surface area contributed by atoms with E-state index in [2.05, 4.69) is 16.0 Å². The van der Waals surface area contributed by atoms with Gasteiger partial charge in [0.1, 0.15) is 11.8 Å². The number of amides is 3. The van der Waals surface area contributed by atoms with E-state index in [1.807, 2.05) is 0 Å². The number of nitrogens with one attached hydrogen (secondary N) is 3. The molecule has 3 aromatic rings. The molecule has 3 atom stereocenters. The van der Waals surface area contributed by atoms with Crippen LogP contribution in [0.5, 0.6) is 5.75 Å². The normalized spacial score (nSPS) is 15.3. The van der Waals surface area contributed by atoms with Gasteiger partial charge in [0.2, 0.25) is 5.91 Å². The Balaban J connectivity index is 1.37. The molecule has 13 nitrogen and oxygen atoms in total. The monoisotopic (exact) mass is 629 g/mol. The van der Waals surface area contributed by atoms with Crippen molar-refractivity contribution in [3.8, 4) is 5.75 Å². The van der Waals surface area contributed by atoms with E-state index in [1.54, 1.807) is 42.5 Å². The molecule has 3 amide bonds. The number of hydrogen-bond donors (Lipinski definition) is 6. The summed E-state index contributed by atoms with van der Waals surface area (Å²) in [6.45, 7) is 1.93. The van der Waals surface area contributed by atoms with Crippen LogP contribution in [-0.4, -0.2) is 78.3 Å². The highest BCUT2D eigenvalue weighted by molar-refractivity contribution is 6.62. The van der Waals surface area contributed by atoms with E-state index in [4.69, 9.17) is 14.0 Å². The molecule has 0 aliphatic carbocycles. The van der Waals surface area contributed by atoms with Gasteiger partial charge in [0, 0.05) is 17.2 Å². The SMILES string of the molecule is COc1ccc(C[C@@H](CC(=O)O)NC(=O)[C@@H](NC(=O)c2ccc3c(c2)B(O)OC3)[C@H](C)NC(=O)c2ccc3c(c2)B(O)OC3)cc1. The number of methoxy groups -OCH3 is 1. The Morgan fingerprint density at radius 3 is 1.89 bits per heavy atom. The van der Waals surface area contributed by atoms with Crippen molar-refractivity contribution in [1.82, 2.24) is 16.0 Å². The molecule has 3 aromatic carbocycles. The van der Waals surface area contributed by atoms with Crippen LogP contribution >= 0.6 is 0 Å². The predicted molar refractivity (Wildman–Crippen MR) is 167 cm³/mol. The minimum absolute atomic E-state index is 0.146. The highest BCUT2D eigenvalue weighted by Gasteiger charge is 2.33. The molecule has 46 heavy (non-hydrogen) atoms. The second-order valence-electron chi connectivity index (χ2n) is 11.2. The molecule has 6 N–H and O–H groups in total. The molecule has 2 heterocycles. The van der Waals surface area contributed by atoms with Crippen molar-refractivity contribution in [3.63, 3.8) is 0 Å². The summed E-state index contributed by atoms with van der Waals surface area (Å²) >= 11 is 0. The second-order valence-corrected chi connectivity index (χ2v) is 11.2. The molecule has 2 aliphatic rings. The Bertz CT molecular complexity index is 1640. The van der Waals surface area contributed by atoms with Gasteiger partial charge in [0.05, 0.1) is 32.8 Å². The Labute approximate surface area is 265 Å². The number of carboxylic acids is 1. The lowest BCUT2D eigenvalue weighted by Gasteiger charge is -2.28. The molecule has 0 bridgehead atoms. The van der Waals surface area contributed by atoms with Gasteiger partial charge in [0.15, 0.2) is 0 Å². The lowest BCUT2D eigenvalue weighted by atomic mass is 9.78. The van der Waals surface area contributed by atoms with Crippen molar-refractivity contribution in [2.24, 2.45) is 0 Å². The summed E-state index contributed by atoms with van der Waals surface area (Å²) in [6, 6.07) is 13.1. The smallest absolute Gasteiger partial charge is 0.491 e. The van der Waals surface area contributed by atoms with Gasteiger partial charge in [-0.15, -0.1) is 0 Å². The number of carbonyl (C=O) groups excluding carboxylic acids is 3. The van der Waals surface area contributed by atoms with Gasteiger partial charge < -0.3 is 45.2 Å². The van der Waals surface area contributed by atoms with Crippen molar-refractivity contribution < 1.29 is 48.4 Å². The summed E-state index contributed by atoms with van der Waals surface area (Å²) in [5.74, 6) is -2.47. The number of benzene rings is 3. The molecule has 2 aliphatic heterocycles. The minimum atomic E-state index is -1.35. The second kappa shape index (κ2) is 14.2.